The van der Waals surface area contributed by atoms with E-state index in [1.54, 1.807) is 18.2 Å². The summed E-state index contributed by atoms with van der Waals surface area (Å²) in [7, 11) is 0. The second-order valence-corrected chi connectivity index (χ2v) is 11.1. The topological polar surface area (TPSA) is 43.8 Å². The Morgan fingerprint density at radius 2 is 1.81 bits per heavy atom. The lowest BCUT2D eigenvalue weighted by molar-refractivity contribution is -0.128. The molecule has 0 radical (unpaired) electrons. The van der Waals surface area contributed by atoms with Gasteiger partial charge in [-0.1, -0.05) is 43.0 Å². The fourth-order valence-corrected chi connectivity index (χ4v) is 6.68. The SMILES string of the molecule is C=CC(/C=C/C(=O)N1CCC(C(O)CN2CCC3(CCC4C=CC=CC43)CC2)CC1)=C\C=C(\F)CCl. The van der Waals surface area contributed by atoms with E-state index in [2.05, 4.69) is 35.8 Å². The van der Waals surface area contributed by atoms with Crippen molar-refractivity contribution in [3.05, 3.63) is 72.7 Å². The van der Waals surface area contributed by atoms with Crippen LogP contribution < -0.4 is 0 Å². The number of carbonyl (C=O) groups is 1. The molecular weight excluding hydrogens is 475 g/mol. The number of β-amino-alcohol motifs (C(OH)–C–C–N with tert-alkyl or cyclic N) is 1. The molecule has 2 saturated heterocycles. The van der Waals surface area contributed by atoms with Gasteiger partial charge in [0.1, 0.15) is 5.83 Å². The molecule has 1 spiro atoms. The number of fused-ring (bicyclic) bond motifs is 2. The molecule has 1 saturated carbocycles. The van der Waals surface area contributed by atoms with E-state index < -0.39 is 5.83 Å². The van der Waals surface area contributed by atoms with Gasteiger partial charge in [-0.25, -0.2) is 4.39 Å². The average molecular weight is 515 g/mol. The van der Waals surface area contributed by atoms with Crippen LogP contribution in [0.4, 0.5) is 4.39 Å². The number of nitrogens with zero attached hydrogens (tertiary/aromatic N) is 2. The summed E-state index contributed by atoms with van der Waals surface area (Å²) in [6.45, 7) is 7.87. The Hall–Kier alpha value is -1.95. The molecular formula is C30H40ClFN2O2. The van der Waals surface area contributed by atoms with E-state index in [-0.39, 0.29) is 23.8 Å². The van der Waals surface area contributed by atoms with Gasteiger partial charge in [-0.2, -0.15) is 0 Å². The summed E-state index contributed by atoms with van der Waals surface area (Å²) in [5, 5.41) is 11.0. The highest BCUT2D eigenvalue weighted by Crippen LogP contribution is 2.55. The fourth-order valence-electron chi connectivity index (χ4n) is 6.59. The van der Waals surface area contributed by atoms with Crippen molar-refractivity contribution in [2.75, 3.05) is 38.6 Å². The maximum Gasteiger partial charge on any atom is 0.246 e. The van der Waals surface area contributed by atoms with Crippen LogP contribution in [0.3, 0.4) is 0 Å². The Morgan fingerprint density at radius 1 is 1.08 bits per heavy atom. The first-order valence-corrected chi connectivity index (χ1v) is 13.9. The predicted octanol–water partition coefficient (Wildman–Crippen LogP) is 5.58. The minimum Gasteiger partial charge on any atom is -0.392 e. The lowest BCUT2D eigenvalue weighted by Crippen LogP contribution is -2.47. The quantitative estimate of drug-likeness (QED) is 0.261. The Bertz CT molecular complexity index is 937. The normalized spacial score (nSPS) is 28.1. The van der Waals surface area contributed by atoms with Gasteiger partial charge >= 0.3 is 0 Å². The number of aliphatic hydroxyl groups excluding tert-OH is 1. The Morgan fingerprint density at radius 3 is 2.50 bits per heavy atom. The highest BCUT2D eigenvalue weighted by Gasteiger charge is 2.48. The third kappa shape index (κ3) is 6.48. The first kappa shape index (κ1) is 27.1. The van der Waals surface area contributed by atoms with Crippen LogP contribution in [0.2, 0.25) is 0 Å². The molecule has 6 heteroatoms. The number of allylic oxidation sites excluding steroid dienone is 10. The number of likely N-dealkylation sites (tertiary alicyclic amines) is 2. The van der Waals surface area contributed by atoms with E-state index in [4.69, 9.17) is 11.6 Å². The zero-order valence-corrected chi connectivity index (χ0v) is 22.0. The van der Waals surface area contributed by atoms with Crippen LogP contribution in [0.5, 0.6) is 0 Å². The number of halogens is 2. The van der Waals surface area contributed by atoms with Crippen molar-refractivity contribution >= 4 is 17.5 Å². The van der Waals surface area contributed by atoms with Crippen LogP contribution in [0.15, 0.2) is 72.7 Å². The van der Waals surface area contributed by atoms with Gasteiger partial charge in [-0.05, 0) is 92.5 Å². The summed E-state index contributed by atoms with van der Waals surface area (Å²) in [6, 6.07) is 0. The Kier molecular flexibility index (Phi) is 9.43. The molecule has 4 rings (SSSR count). The fraction of sp³-hybridized carbons (Fsp3) is 0.567. The molecule has 0 aromatic heterocycles. The zero-order valence-electron chi connectivity index (χ0n) is 21.2. The average Bonchev–Trinajstić information content (AvgIpc) is 3.27. The summed E-state index contributed by atoms with van der Waals surface area (Å²) in [6.07, 6.45) is 23.2. The minimum absolute atomic E-state index is 0.0692. The van der Waals surface area contributed by atoms with Crippen LogP contribution in [-0.2, 0) is 4.79 Å². The summed E-state index contributed by atoms with van der Waals surface area (Å²) in [5.41, 5.74) is 1.10. The van der Waals surface area contributed by atoms with Crippen LogP contribution in [-0.4, -0.2) is 65.5 Å². The largest absolute Gasteiger partial charge is 0.392 e. The van der Waals surface area contributed by atoms with Gasteiger partial charge in [-0.15, -0.1) is 11.6 Å². The summed E-state index contributed by atoms with van der Waals surface area (Å²) in [5.74, 6) is 0.964. The van der Waals surface area contributed by atoms with E-state index in [1.165, 1.54) is 37.8 Å². The second kappa shape index (κ2) is 12.5. The maximum atomic E-state index is 13.2. The Balaban J connectivity index is 1.20. The smallest absolute Gasteiger partial charge is 0.246 e. The number of piperidine rings is 2. The molecule has 4 nitrogen and oxygen atoms in total. The lowest BCUT2D eigenvalue weighted by Gasteiger charge is -2.44. The molecule has 2 aliphatic carbocycles. The minimum atomic E-state index is -0.439. The first-order chi connectivity index (χ1) is 17.4. The molecule has 4 aliphatic rings. The van der Waals surface area contributed by atoms with Crippen molar-refractivity contribution in [1.29, 1.82) is 0 Å². The molecule has 3 atom stereocenters. The number of carbonyl (C=O) groups excluding carboxylic acids is 1. The Labute approximate surface area is 220 Å². The summed E-state index contributed by atoms with van der Waals surface area (Å²) in [4.78, 5) is 16.9. The zero-order chi connectivity index (χ0) is 25.5. The molecule has 0 aromatic carbocycles. The van der Waals surface area contributed by atoms with Gasteiger partial charge in [0.15, 0.2) is 0 Å². The maximum absolute atomic E-state index is 13.2. The van der Waals surface area contributed by atoms with Crippen molar-refractivity contribution in [1.82, 2.24) is 9.80 Å². The van der Waals surface area contributed by atoms with Crippen molar-refractivity contribution in [3.8, 4) is 0 Å². The third-order valence-electron chi connectivity index (χ3n) is 8.86. The molecule has 2 aliphatic heterocycles. The van der Waals surface area contributed by atoms with Gasteiger partial charge in [0, 0.05) is 25.7 Å². The van der Waals surface area contributed by atoms with Gasteiger partial charge in [0.2, 0.25) is 5.91 Å². The van der Waals surface area contributed by atoms with Crippen molar-refractivity contribution in [3.63, 3.8) is 0 Å². The molecule has 2 heterocycles. The highest BCUT2D eigenvalue weighted by molar-refractivity contribution is 6.19. The van der Waals surface area contributed by atoms with E-state index in [1.807, 2.05) is 4.90 Å². The third-order valence-corrected chi connectivity index (χ3v) is 9.12. The number of alkyl halides is 1. The molecule has 196 valence electrons. The molecule has 1 amide bonds. The van der Waals surface area contributed by atoms with E-state index in [0.717, 1.165) is 38.4 Å². The number of aliphatic hydroxyl groups is 1. The number of hydrogen-bond donors (Lipinski definition) is 1. The summed E-state index contributed by atoms with van der Waals surface area (Å²) < 4.78 is 13.2. The van der Waals surface area contributed by atoms with Gasteiger partial charge in [0.25, 0.3) is 0 Å². The van der Waals surface area contributed by atoms with E-state index in [0.29, 0.717) is 30.0 Å². The first-order valence-electron chi connectivity index (χ1n) is 13.4. The summed E-state index contributed by atoms with van der Waals surface area (Å²) >= 11 is 5.44. The monoisotopic (exact) mass is 514 g/mol. The lowest BCUT2D eigenvalue weighted by atomic mass is 9.68. The van der Waals surface area contributed by atoms with Crippen LogP contribution in [0.25, 0.3) is 0 Å². The van der Waals surface area contributed by atoms with Crippen molar-refractivity contribution in [2.45, 2.75) is 44.6 Å². The van der Waals surface area contributed by atoms with Gasteiger partial charge in [0.05, 0.1) is 12.0 Å². The van der Waals surface area contributed by atoms with Gasteiger partial charge < -0.3 is 14.9 Å². The number of amides is 1. The van der Waals surface area contributed by atoms with Gasteiger partial charge in [-0.3, -0.25) is 4.79 Å². The molecule has 3 fully saturated rings. The van der Waals surface area contributed by atoms with E-state index in [9.17, 15) is 14.3 Å². The van der Waals surface area contributed by atoms with Crippen molar-refractivity contribution < 1.29 is 14.3 Å². The molecule has 0 aromatic rings. The highest BCUT2D eigenvalue weighted by atomic mass is 35.5. The number of hydrogen-bond acceptors (Lipinski definition) is 3. The standard InChI is InChI=1S/C30H40ClFN2O2/c1-2-23(7-9-26(32)21-31)8-10-29(36)34-17-12-25(13-18-34)28(35)22-33-19-15-30(16-20-33)14-11-24-5-3-4-6-27(24)30/h2-10,24-25,27-28,35H,1,11-22H2/b10-8+,23-7+,26-9+. The predicted molar refractivity (Wildman–Crippen MR) is 145 cm³/mol. The van der Waals surface area contributed by atoms with Crippen LogP contribution >= 0.6 is 11.6 Å². The number of rotatable bonds is 8. The second-order valence-electron chi connectivity index (χ2n) is 10.8. The van der Waals surface area contributed by atoms with Crippen LogP contribution in [0, 0.1) is 23.2 Å². The molecule has 1 N–H and O–H groups in total. The molecule has 36 heavy (non-hydrogen) atoms. The molecule has 3 unspecified atom stereocenters. The van der Waals surface area contributed by atoms with Crippen molar-refractivity contribution in [2.24, 2.45) is 23.2 Å². The van der Waals surface area contributed by atoms with Crippen LogP contribution in [0.1, 0.15) is 38.5 Å². The van der Waals surface area contributed by atoms with E-state index >= 15 is 0 Å². The molecule has 0 bridgehead atoms.